The van der Waals surface area contributed by atoms with Crippen molar-refractivity contribution in [3.05, 3.63) is 22.4 Å². The number of anilines is 1. The van der Waals surface area contributed by atoms with E-state index in [1.807, 2.05) is 13.8 Å². The van der Waals surface area contributed by atoms with Crippen molar-refractivity contribution in [2.75, 3.05) is 31.1 Å². The SMILES string of the molecule is CC[C@@H](C)NC(=O)C(=O)N1CCN(c2nc(CC(C)C)c3c(c2C#N)CCCC3)CC1. The Bertz CT molecular complexity index is 866. The zero-order chi connectivity index (χ0) is 22.5. The molecule has 0 radical (unpaired) electrons. The molecule has 31 heavy (non-hydrogen) atoms. The lowest BCUT2D eigenvalue weighted by Gasteiger charge is -2.36. The molecule has 1 fully saturated rings. The molecule has 1 aliphatic carbocycles. The van der Waals surface area contributed by atoms with Crippen LogP contribution >= 0.6 is 0 Å². The number of carbonyl (C=O) groups is 2. The second-order valence-corrected chi connectivity index (χ2v) is 9.19. The lowest BCUT2D eigenvalue weighted by Crippen LogP contribution is -2.53. The molecule has 2 aliphatic rings. The Labute approximate surface area is 185 Å². The predicted octanol–water partition coefficient (Wildman–Crippen LogP) is 2.59. The van der Waals surface area contributed by atoms with Gasteiger partial charge in [-0.3, -0.25) is 9.59 Å². The third-order valence-electron chi connectivity index (χ3n) is 6.35. The highest BCUT2D eigenvalue weighted by atomic mass is 16.2. The van der Waals surface area contributed by atoms with Gasteiger partial charge in [-0.05, 0) is 62.5 Å². The highest BCUT2D eigenvalue weighted by Crippen LogP contribution is 2.33. The van der Waals surface area contributed by atoms with Crippen LogP contribution in [0.15, 0.2) is 0 Å². The lowest BCUT2D eigenvalue weighted by atomic mass is 9.85. The summed E-state index contributed by atoms with van der Waals surface area (Å²) >= 11 is 0. The number of nitrogens with one attached hydrogen (secondary N) is 1. The van der Waals surface area contributed by atoms with Crippen LogP contribution in [-0.4, -0.2) is 53.9 Å². The summed E-state index contributed by atoms with van der Waals surface area (Å²) in [6.45, 7) is 10.3. The van der Waals surface area contributed by atoms with Gasteiger partial charge in [0.2, 0.25) is 0 Å². The lowest BCUT2D eigenvalue weighted by molar-refractivity contribution is -0.146. The molecular formula is C24H35N5O2. The number of hydrogen-bond donors (Lipinski definition) is 1. The van der Waals surface area contributed by atoms with Crippen molar-refractivity contribution in [3.63, 3.8) is 0 Å². The van der Waals surface area contributed by atoms with Gasteiger partial charge in [-0.2, -0.15) is 5.26 Å². The minimum absolute atomic E-state index is 0.0185. The molecule has 1 aromatic heterocycles. The summed E-state index contributed by atoms with van der Waals surface area (Å²) in [5.41, 5.74) is 4.30. The van der Waals surface area contributed by atoms with Gasteiger partial charge in [0.25, 0.3) is 0 Å². The fourth-order valence-corrected chi connectivity index (χ4v) is 4.44. The van der Waals surface area contributed by atoms with Gasteiger partial charge in [-0.15, -0.1) is 0 Å². The molecule has 7 nitrogen and oxygen atoms in total. The third-order valence-corrected chi connectivity index (χ3v) is 6.35. The van der Waals surface area contributed by atoms with E-state index in [1.54, 1.807) is 4.90 Å². The number of aromatic nitrogens is 1. The highest BCUT2D eigenvalue weighted by molar-refractivity contribution is 6.35. The Hall–Kier alpha value is -2.62. The van der Waals surface area contributed by atoms with Gasteiger partial charge in [0.05, 0.1) is 5.56 Å². The maximum Gasteiger partial charge on any atom is 0.312 e. The van der Waals surface area contributed by atoms with Crippen LogP contribution in [0.25, 0.3) is 0 Å². The van der Waals surface area contributed by atoms with E-state index >= 15 is 0 Å². The Morgan fingerprint density at radius 1 is 1.10 bits per heavy atom. The van der Waals surface area contributed by atoms with Gasteiger partial charge in [0, 0.05) is 37.9 Å². The van der Waals surface area contributed by atoms with Gasteiger partial charge in [-0.1, -0.05) is 20.8 Å². The average Bonchev–Trinajstić information content (AvgIpc) is 2.78. The smallest absolute Gasteiger partial charge is 0.312 e. The molecule has 0 bridgehead atoms. The Balaban J connectivity index is 1.79. The normalized spacial score (nSPS) is 17.2. The summed E-state index contributed by atoms with van der Waals surface area (Å²) in [7, 11) is 0. The fourth-order valence-electron chi connectivity index (χ4n) is 4.44. The first kappa shape index (κ1) is 23.1. The zero-order valence-electron chi connectivity index (χ0n) is 19.3. The Kier molecular flexibility index (Phi) is 7.53. The monoisotopic (exact) mass is 425 g/mol. The minimum atomic E-state index is -0.536. The quantitative estimate of drug-likeness (QED) is 0.733. The van der Waals surface area contributed by atoms with E-state index in [9.17, 15) is 14.9 Å². The second kappa shape index (κ2) is 10.1. The summed E-state index contributed by atoms with van der Waals surface area (Å²) in [6, 6.07) is 2.41. The molecular weight excluding hydrogens is 390 g/mol. The van der Waals surface area contributed by atoms with Gasteiger partial charge < -0.3 is 15.1 Å². The first-order chi connectivity index (χ1) is 14.8. The number of piperazine rings is 1. The predicted molar refractivity (Wildman–Crippen MR) is 121 cm³/mol. The van der Waals surface area contributed by atoms with E-state index < -0.39 is 11.8 Å². The number of nitrogens with zero attached hydrogens (tertiary/aromatic N) is 4. The molecule has 1 aliphatic heterocycles. The van der Waals surface area contributed by atoms with Crippen molar-refractivity contribution in [3.8, 4) is 6.07 Å². The molecule has 0 saturated carbocycles. The van der Waals surface area contributed by atoms with Crippen LogP contribution in [0.5, 0.6) is 0 Å². The number of amides is 2. The summed E-state index contributed by atoms with van der Waals surface area (Å²) in [6.07, 6.45) is 5.91. The first-order valence-corrected chi connectivity index (χ1v) is 11.6. The highest BCUT2D eigenvalue weighted by Gasteiger charge is 2.30. The van der Waals surface area contributed by atoms with E-state index in [0.717, 1.165) is 50.0 Å². The molecule has 1 aromatic rings. The van der Waals surface area contributed by atoms with Crippen LogP contribution in [0, 0.1) is 17.2 Å². The summed E-state index contributed by atoms with van der Waals surface area (Å²) < 4.78 is 0. The second-order valence-electron chi connectivity index (χ2n) is 9.19. The number of rotatable bonds is 5. The number of pyridine rings is 1. The van der Waals surface area contributed by atoms with Gasteiger partial charge in [-0.25, -0.2) is 4.98 Å². The van der Waals surface area contributed by atoms with Crippen molar-refractivity contribution in [1.29, 1.82) is 5.26 Å². The van der Waals surface area contributed by atoms with Crippen LogP contribution in [-0.2, 0) is 28.9 Å². The molecule has 1 atom stereocenters. The summed E-state index contributed by atoms with van der Waals surface area (Å²) in [5.74, 6) is 0.249. The van der Waals surface area contributed by atoms with Crippen molar-refractivity contribution < 1.29 is 9.59 Å². The average molecular weight is 426 g/mol. The molecule has 168 valence electrons. The van der Waals surface area contributed by atoms with Crippen molar-refractivity contribution >= 4 is 17.6 Å². The zero-order valence-corrected chi connectivity index (χ0v) is 19.3. The summed E-state index contributed by atoms with van der Waals surface area (Å²) in [4.78, 5) is 33.4. The van der Waals surface area contributed by atoms with Gasteiger partial charge in [0.1, 0.15) is 11.9 Å². The van der Waals surface area contributed by atoms with E-state index in [0.29, 0.717) is 37.7 Å². The number of hydrogen-bond acceptors (Lipinski definition) is 5. The van der Waals surface area contributed by atoms with E-state index in [2.05, 4.69) is 30.1 Å². The van der Waals surface area contributed by atoms with E-state index in [1.165, 1.54) is 11.1 Å². The number of fused-ring (bicyclic) bond motifs is 1. The molecule has 3 rings (SSSR count). The van der Waals surface area contributed by atoms with Crippen LogP contribution in [0.2, 0.25) is 0 Å². The fraction of sp³-hybridized carbons (Fsp3) is 0.667. The number of nitriles is 1. The molecule has 2 heterocycles. The van der Waals surface area contributed by atoms with Gasteiger partial charge >= 0.3 is 11.8 Å². The third kappa shape index (κ3) is 5.17. The molecule has 1 saturated heterocycles. The maximum atomic E-state index is 12.5. The van der Waals surface area contributed by atoms with Crippen molar-refractivity contribution in [2.45, 2.75) is 72.3 Å². The minimum Gasteiger partial charge on any atom is -0.352 e. The topological polar surface area (TPSA) is 89.3 Å². The van der Waals surface area contributed by atoms with E-state index in [-0.39, 0.29) is 6.04 Å². The van der Waals surface area contributed by atoms with Crippen LogP contribution in [0.4, 0.5) is 5.82 Å². The van der Waals surface area contributed by atoms with Crippen LogP contribution in [0.1, 0.15) is 69.3 Å². The maximum absolute atomic E-state index is 12.5. The molecule has 1 N–H and O–H groups in total. The Morgan fingerprint density at radius 3 is 2.32 bits per heavy atom. The van der Waals surface area contributed by atoms with Crippen LogP contribution in [0.3, 0.4) is 0 Å². The van der Waals surface area contributed by atoms with Crippen LogP contribution < -0.4 is 10.2 Å². The molecule has 2 amide bonds. The van der Waals surface area contributed by atoms with Crippen molar-refractivity contribution in [2.24, 2.45) is 5.92 Å². The van der Waals surface area contributed by atoms with Gasteiger partial charge in [0.15, 0.2) is 0 Å². The largest absolute Gasteiger partial charge is 0.352 e. The molecule has 0 spiro atoms. The van der Waals surface area contributed by atoms with Crippen molar-refractivity contribution in [1.82, 2.24) is 15.2 Å². The summed E-state index contributed by atoms with van der Waals surface area (Å²) in [5, 5.41) is 12.7. The molecule has 0 aromatic carbocycles. The molecule has 7 heteroatoms. The first-order valence-electron chi connectivity index (χ1n) is 11.6. The van der Waals surface area contributed by atoms with E-state index in [4.69, 9.17) is 4.98 Å². The Morgan fingerprint density at radius 2 is 1.74 bits per heavy atom. The molecule has 0 unspecified atom stereocenters. The number of carbonyl (C=O) groups excluding carboxylic acids is 2. The standard InChI is InChI=1S/C24H35N5O2/c1-5-17(4)26-23(30)24(31)29-12-10-28(11-13-29)22-20(15-25)18-8-6-7-9-19(18)21(27-22)14-16(2)3/h16-17H,5-14H2,1-4H3,(H,26,30)/t17-/m1/s1.